The molecule has 5 nitrogen and oxygen atoms in total. The third-order valence-electron chi connectivity index (χ3n) is 2.09. The third-order valence-corrected chi connectivity index (χ3v) is 2.09. The predicted octanol–water partition coefficient (Wildman–Crippen LogP) is 1.04. The van der Waals surface area contributed by atoms with E-state index in [1.165, 1.54) is 10.7 Å². The first kappa shape index (κ1) is 8.68. The Labute approximate surface area is 80.0 Å². The van der Waals surface area contributed by atoms with Crippen LogP contribution in [0.4, 0.5) is 0 Å². The molecule has 1 N–H and O–H groups in total. The Kier molecular flexibility index (Phi) is 1.73. The van der Waals surface area contributed by atoms with E-state index in [9.17, 15) is 4.79 Å². The molecule has 2 rings (SSSR count). The molecule has 0 saturated heterocycles. The zero-order chi connectivity index (χ0) is 10.3. The van der Waals surface area contributed by atoms with Gasteiger partial charge in [0.15, 0.2) is 5.69 Å². The van der Waals surface area contributed by atoms with E-state index in [-0.39, 0.29) is 5.69 Å². The van der Waals surface area contributed by atoms with Crippen LogP contribution in [0.1, 0.15) is 21.7 Å². The van der Waals surface area contributed by atoms with Crippen LogP contribution in [0, 0.1) is 13.8 Å². The number of aryl methyl sites for hydroxylation is 2. The molecule has 0 spiro atoms. The summed E-state index contributed by atoms with van der Waals surface area (Å²) in [6.45, 7) is 3.52. The normalized spacial score (nSPS) is 10.7. The van der Waals surface area contributed by atoms with Crippen LogP contribution in [-0.4, -0.2) is 25.4 Å². The summed E-state index contributed by atoms with van der Waals surface area (Å²) in [6.07, 6.45) is 3.12. The molecule has 0 unspecified atom stereocenters. The lowest BCUT2D eigenvalue weighted by molar-refractivity contribution is 0.0688. The van der Waals surface area contributed by atoms with Gasteiger partial charge < -0.3 is 5.11 Å². The van der Waals surface area contributed by atoms with Crippen molar-refractivity contribution in [2.75, 3.05) is 0 Å². The molecule has 2 heterocycles. The fraction of sp³-hybridized carbons (Fsp3) is 0.222. The summed E-state index contributed by atoms with van der Waals surface area (Å²) < 4.78 is 1.49. The Morgan fingerprint density at radius 3 is 2.86 bits per heavy atom. The minimum absolute atomic E-state index is 0.177. The number of aromatic nitrogens is 3. The average molecular weight is 191 g/mol. The molecule has 0 saturated carbocycles. The van der Waals surface area contributed by atoms with E-state index in [4.69, 9.17) is 5.11 Å². The van der Waals surface area contributed by atoms with E-state index in [2.05, 4.69) is 9.97 Å². The molecule has 14 heavy (non-hydrogen) atoms. The molecular weight excluding hydrogens is 182 g/mol. The van der Waals surface area contributed by atoms with E-state index < -0.39 is 5.97 Å². The minimum Gasteiger partial charge on any atom is -0.477 e. The van der Waals surface area contributed by atoms with Crippen LogP contribution in [0.3, 0.4) is 0 Å². The maximum Gasteiger partial charge on any atom is 0.354 e. The lowest BCUT2D eigenvalue weighted by Gasteiger charge is -1.97. The van der Waals surface area contributed by atoms with Crippen molar-refractivity contribution in [2.45, 2.75) is 13.8 Å². The lowest BCUT2D eigenvalue weighted by Crippen LogP contribution is -2.04. The highest BCUT2D eigenvalue weighted by molar-refractivity contribution is 5.88. The van der Waals surface area contributed by atoms with Gasteiger partial charge >= 0.3 is 5.97 Å². The maximum atomic E-state index is 10.9. The summed E-state index contributed by atoms with van der Waals surface area (Å²) in [5, 5.41) is 8.95. The molecule has 0 aromatic carbocycles. The van der Waals surface area contributed by atoms with Crippen LogP contribution < -0.4 is 0 Å². The second-order valence-electron chi connectivity index (χ2n) is 3.12. The molecule has 5 heteroatoms. The number of nitrogens with zero attached hydrogens (tertiary/aromatic N) is 3. The van der Waals surface area contributed by atoms with Crippen molar-refractivity contribution in [1.82, 2.24) is 14.4 Å². The van der Waals surface area contributed by atoms with Gasteiger partial charge in [0, 0.05) is 11.8 Å². The molecule has 0 radical (unpaired) electrons. The van der Waals surface area contributed by atoms with E-state index in [0.29, 0.717) is 11.3 Å². The molecule has 0 fully saturated rings. The zero-order valence-electron chi connectivity index (χ0n) is 7.85. The largest absolute Gasteiger partial charge is 0.477 e. The fourth-order valence-corrected chi connectivity index (χ4v) is 1.46. The van der Waals surface area contributed by atoms with Crippen molar-refractivity contribution in [2.24, 2.45) is 0 Å². The number of carboxylic acids is 1. The van der Waals surface area contributed by atoms with Crippen molar-refractivity contribution < 1.29 is 9.90 Å². The van der Waals surface area contributed by atoms with Crippen molar-refractivity contribution in [3.8, 4) is 0 Å². The summed E-state index contributed by atoms with van der Waals surface area (Å²) in [4.78, 5) is 19.0. The highest BCUT2D eigenvalue weighted by atomic mass is 16.4. The molecule has 0 aliphatic carbocycles. The van der Waals surface area contributed by atoms with E-state index in [0.717, 1.165) is 5.56 Å². The number of carboxylic acid groups (broad SMARTS) is 1. The summed E-state index contributed by atoms with van der Waals surface area (Å²) in [6, 6.07) is 0. The van der Waals surface area contributed by atoms with Gasteiger partial charge in [0.2, 0.25) is 0 Å². The van der Waals surface area contributed by atoms with Gasteiger partial charge in [-0.15, -0.1) is 0 Å². The highest BCUT2D eigenvalue weighted by Crippen LogP contribution is 2.13. The fourth-order valence-electron chi connectivity index (χ4n) is 1.46. The zero-order valence-corrected chi connectivity index (χ0v) is 7.85. The average Bonchev–Trinajstić information content (AvgIpc) is 2.42. The Balaban J connectivity index is 2.90. The first-order chi connectivity index (χ1) is 6.61. The molecule has 2 aromatic rings. The first-order valence-corrected chi connectivity index (χ1v) is 4.14. The van der Waals surface area contributed by atoms with Crippen LogP contribution in [0.15, 0.2) is 12.5 Å². The highest BCUT2D eigenvalue weighted by Gasteiger charge is 2.15. The van der Waals surface area contributed by atoms with E-state index in [1.807, 2.05) is 6.92 Å². The van der Waals surface area contributed by atoms with E-state index in [1.54, 1.807) is 13.1 Å². The Morgan fingerprint density at radius 2 is 2.21 bits per heavy atom. The number of fused-ring (bicyclic) bond motifs is 1. The summed E-state index contributed by atoms with van der Waals surface area (Å²) in [5.41, 5.74) is 2.20. The molecule has 0 atom stereocenters. The molecular formula is C9H9N3O2. The Hall–Kier alpha value is -1.91. The van der Waals surface area contributed by atoms with Gasteiger partial charge in [0.05, 0.1) is 5.69 Å². The predicted molar refractivity (Wildman–Crippen MR) is 49.4 cm³/mol. The van der Waals surface area contributed by atoms with Crippen LogP contribution in [0.2, 0.25) is 0 Å². The number of carbonyl (C=O) groups is 1. The van der Waals surface area contributed by atoms with Crippen LogP contribution in [-0.2, 0) is 0 Å². The Bertz CT molecular complexity index is 516. The number of hydrogen-bond donors (Lipinski definition) is 1. The second kappa shape index (κ2) is 2.80. The van der Waals surface area contributed by atoms with Crippen LogP contribution in [0.25, 0.3) is 5.65 Å². The number of rotatable bonds is 1. The molecule has 2 aromatic heterocycles. The van der Waals surface area contributed by atoms with Crippen molar-refractivity contribution in [3.63, 3.8) is 0 Å². The molecule has 72 valence electrons. The number of aromatic carboxylic acids is 1. The van der Waals surface area contributed by atoms with Crippen LogP contribution in [0.5, 0.6) is 0 Å². The van der Waals surface area contributed by atoms with Gasteiger partial charge in [0.1, 0.15) is 12.0 Å². The van der Waals surface area contributed by atoms with Gasteiger partial charge in [-0.3, -0.25) is 4.40 Å². The minimum atomic E-state index is -0.984. The molecule has 0 bridgehead atoms. The molecule has 0 aliphatic heterocycles. The first-order valence-electron chi connectivity index (χ1n) is 4.14. The number of imidazole rings is 1. The van der Waals surface area contributed by atoms with Crippen molar-refractivity contribution in [3.05, 3.63) is 29.5 Å². The summed E-state index contributed by atoms with van der Waals surface area (Å²) in [7, 11) is 0. The van der Waals surface area contributed by atoms with Crippen molar-refractivity contribution >= 4 is 11.6 Å². The molecule has 0 amide bonds. The third kappa shape index (κ3) is 1.06. The Morgan fingerprint density at radius 1 is 1.50 bits per heavy atom. The standard InChI is InChI=1S/C9H9N3O2/c1-5-3-10-4-12-7(9(13)14)6(2)11-8(5)12/h3-4H,1-2H3,(H,13,14). The van der Waals surface area contributed by atoms with Gasteiger partial charge in [-0.1, -0.05) is 0 Å². The van der Waals surface area contributed by atoms with Gasteiger partial charge in [-0.2, -0.15) is 0 Å². The van der Waals surface area contributed by atoms with Gasteiger partial charge in [-0.25, -0.2) is 14.8 Å². The maximum absolute atomic E-state index is 10.9. The second-order valence-corrected chi connectivity index (χ2v) is 3.12. The van der Waals surface area contributed by atoms with Crippen LogP contribution >= 0.6 is 0 Å². The topological polar surface area (TPSA) is 67.5 Å². The quantitative estimate of drug-likeness (QED) is 0.731. The van der Waals surface area contributed by atoms with Gasteiger partial charge in [-0.05, 0) is 13.8 Å². The van der Waals surface area contributed by atoms with E-state index >= 15 is 0 Å². The SMILES string of the molecule is Cc1nc2c(C)cncn2c1C(=O)O. The summed E-state index contributed by atoms with van der Waals surface area (Å²) in [5.74, 6) is -0.984. The lowest BCUT2D eigenvalue weighted by atomic mass is 10.3. The monoisotopic (exact) mass is 191 g/mol. The van der Waals surface area contributed by atoms with Crippen molar-refractivity contribution in [1.29, 1.82) is 0 Å². The smallest absolute Gasteiger partial charge is 0.354 e. The summed E-state index contributed by atoms with van der Waals surface area (Å²) >= 11 is 0. The number of hydrogen-bond acceptors (Lipinski definition) is 3. The van der Waals surface area contributed by atoms with Gasteiger partial charge in [0.25, 0.3) is 0 Å². The molecule has 0 aliphatic rings.